The Kier molecular flexibility index (Phi) is 5.87. The maximum atomic E-state index is 11.9. The summed E-state index contributed by atoms with van der Waals surface area (Å²) in [4.78, 5) is 21.8. The molecule has 0 aliphatic heterocycles. The second-order valence-corrected chi connectivity index (χ2v) is 6.06. The number of nitrogens with one attached hydrogen (secondary N) is 1. The van der Waals surface area contributed by atoms with Crippen LogP contribution < -0.4 is 5.32 Å². The molecule has 1 N–H and O–H groups in total. The van der Waals surface area contributed by atoms with Crippen LogP contribution in [0.2, 0.25) is 0 Å². The summed E-state index contributed by atoms with van der Waals surface area (Å²) in [6.45, 7) is 4.86. The van der Waals surface area contributed by atoms with Crippen molar-refractivity contribution in [1.82, 2.24) is 15.3 Å². The average Bonchev–Trinajstić information content (AvgIpc) is 2.86. The smallest absolute Gasteiger partial charge is 0.225 e. The molecule has 0 aliphatic carbocycles. The third-order valence-electron chi connectivity index (χ3n) is 3.20. The highest BCUT2D eigenvalue weighted by Crippen LogP contribution is 2.26. The normalized spacial score (nSPS) is 10.6. The van der Waals surface area contributed by atoms with E-state index >= 15 is 0 Å². The number of hydrogen-bond donors (Lipinski definition) is 1. The van der Waals surface area contributed by atoms with Gasteiger partial charge in [0.2, 0.25) is 5.91 Å². The predicted molar refractivity (Wildman–Crippen MR) is 86.3 cm³/mol. The fourth-order valence-corrected chi connectivity index (χ4v) is 3.04. The summed E-state index contributed by atoms with van der Waals surface area (Å²) in [7, 11) is 0. The number of nitrogens with zero attached hydrogens (tertiary/aromatic N) is 2. The lowest BCUT2D eigenvalue weighted by Gasteiger charge is -2.03. The lowest BCUT2D eigenvalue weighted by Crippen LogP contribution is -2.25. The second kappa shape index (κ2) is 7.88. The summed E-state index contributed by atoms with van der Waals surface area (Å²) in [5.74, 6) is 0.0745. The summed E-state index contributed by atoms with van der Waals surface area (Å²) < 4.78 is 0. The minimum atomic E-state index is 0.0745. The maximum absolute atomic E-state index is 11.9. The maximum Gasteiger partial charge on any atom is 0.225 e. The van der Waals surface area contributed by atoms with Gasteiger partial charge in [-0.25, -0.2) is 4.98 Å². The number of aromatic nitrogens is 2. The van der Waals surface area contributed by atoms with E-state index in [2.05, 4.69) is 22.2 Å². The summed E-state index contributed by atoms with van der Waals surface area (Å²) >= 11 is 1.55. The number of unbranched alkanes of at least 4 members (excludes halogenated alkanes) is 2. The Labute approximate surface area is 129 Å². The van der Waals surface area contributed by atoms with Gasteiger partial charge in [0.05, 0.1) is 17.8 Å². The molecule has 0 aromatic carbocycles. The molecule has 2 heterocycles. The Morgan fingerprint density at radius 2 is 2.19 bits per heavy atom. The van der Waals surface area contributed by atoms with Gasteiger partial charge in [-0.15, -0.1) is 11.3 Å². The van der Waals surface area contributed by atoms with Crippen LogP contribution in [0.1, 0.15) is 36.8 Å². The summed E-state index contributed by atoms with van der Waals surface area (Å²) in [6.07, 6.45) is 5.53. The third kappa shape index (κ3) is 4.63. The molecule has 0 aliphatic rings. The molecule has 2 aromatic rings. The molecular weight excluding hydrogens is 282 g/mol. The zero-order valence-electron chi connectivity index (χ0n) is 12.6. The first kappa shape index (κ1) is 15.6. The number of hydrogen-bond acceptors (Lipinski definition) is 4. The first-order valence-corrected chi connectivity index (χ1v) is 8.16. The molecule has 1 amide bonds. The van der Waals surface area contributed by atoms with E-state index in [1.165, 1.54) is 0 Å². The van der Waals surface area contributed by atoms with E-state index in [1.54, 1.807) is 17.5 Å². The van der Waals surface area contributed by atoms with Crippen LogP contribution in [0.15, 0.2) is 24.4 Å². The van der Waals surface area contributed by atoms with Crippen LogP contribution >= 0.6 is 11.3 Å². The lowest BCUT2D eigenvalue weighted by atomic mass is 10.2. The van der Waals surface area contributed by atoms with Crippen LogP contribution in [-0.4, -0.2) is 22.4 Å². The second-order valence-electron chi connectivity index (χ2n) is 4.98. The SMILES string of the molecule is CCCCCNC(=O)Cc1sc(-c2ccccn2)nc1C. The first-order chi connectivity index (χ1) is 10.2. The number of thiazole rings is 1. The Balaban J connectivity index is 1.95. The van der Waals surface area contributed by atoms with Crippen LogP contribution in [0.4, 0.5) is 0 Å². The molecule has 0 radical (unpaired) electrons. The van der Waals surface area contributed by atoms with Crippen molar-refractivity contribution in [3.8, 4) is 10.7 Å². The fourth-order valence-electron chi connectivity index (χ4n) is 2.00. The summed E-state index contributed by atoms with van der Waals surface area (Å²) in [5, 5.41) is 3.84. The van der Waals surface area contributed by atoms with Gasteiger partial charge in [-0.2, -0.15) is 0 Å². The zero-order valence-corrected chi connectivity index (χ0v) is 13.4. The molecule has 0 saturated heterocycles. The number of amides is 1. The minimum Gasteiger partial charge on any atom is -0.356 e. The molecule has 0 spiro atoms. The van der Waals surface area contributed by atoms with Crippen molar-refractivity contribution in [1.29, 1.82) is 0 Å². The van der Waals surface area contributed by atoms with Crippen LogP contribution in [-0.2, 0) is 11.2 Å². The Hall–Kier alpha value is -1.75. The highest BCUT2D eigenvalue weighted by molar-refractivity contribution is 7.15. The van der Waals surface area contributed by atoms with Crippen molar-refractivity contribution in [3.63, 3.8) is 0 Å². The van der Waals surface area contributed by atoms with E-state index in [4.69, 9.17) is 0 Å². The number of pyridine rings is 1. The van der Waals surface area contributed by atoms with E-state index in [1.807, 2.05) is 25.1 Å². The molecule has 0 saturated carbocycles. The van der Waals surface area contributed by atoms with Gasteiger partial charge in [0.15, 0.2) is 0 Å². The lowest BCUT2D eigenvalue weighted by molar-refractivity contribution is -0.120. The highest BCUT2D eigenvalue weighted by atomic mass is 32.1. The van der Waals surface area contributed by atoms with Gasteiger partial charge >= 0.3 is 0 Å². The van der Waals surface area contributed by atoms with E-state index in [0.29, 0.717) is 6.42 Å². The Bertz CT molecular complexity index is 580. The van der Waals surface area contributed by atoms with Crippen molar-refractivity contribution < 1.29 is 4.79 Å². The Morgan fingerprint density at radius 3 is 2.90 bits per heavy atom. The largest absolute Gasteiger partial charge is 0.356 e. The number of carbonyl (C=O) groups excluding carboxylic acids is 1. The van der Waals surface area contributed by atoms with E-state index in [9.17, 15) is 4.79 Å². The van der Waals surface area contributed by atoms with Crippen molar-refractivity contribution in [2.45, 2.75) is 39.5 Å². The summed E-state index contributed by atoms with van der Waals surface area (Å²) in [6, 6.07) is 5.76. The molecule has 0 unspecified atom stereocenters. The zero-order chi connectivity index (χ0) is 15.1. The minimum absolute atomic E-state index is 0.0745. The van der Waals surface area contributed by atoms with Crippen molar-refractivity contribution >= 4 is 17.2 Å². The van der Waals surface area contributed by atoms with Gasteiger partial charge in [0, 0.05) is 17.6 Å². The molecule has 0 fully saturated rings. The van der Waals surface area contributed by atoms with Gasteiger partial charge in [0.1, 0.15) is 5.01 Å². The highest BCUT2D eigenvalue weighted by Gasteiger charge is 2.13. The van der Waals surface area contributed by atoms with Crippen LogP contribution in [0.3, 0.4) is 0 Å². The molecule has 4 nitrogen and oxygen atoms in total. The molecule has 2 aromatic heterocycles. The van der Waals surface area contributed by atoms with Gasteiger partial charge < -0.3 is 5.32 Å². The molecule has 112 valence electrons. The quantitative estimate of drug-likeness (QED) is 0.798. The molecule has 0 bridgehead atoms. The summed E-state index contributed by atoms with van der Waals surface area (Å²) in [5.41, 5.74) is 1.78. The van der Waals surface area contributed by atoms with Crippen LogP contribution in [0.25, 0.3) is 10.7 Å². The van der Waals surface area contributed by atoms with Crippen LogP contribution in [0, 0.1) is 6.92 Å². The topological polar surface area (TPSA) is 54.9 Å². The number of rotatable bonds is 7. The third-order valence-corrected chi connectivity index (χ3v) is 4.38. The molecule has 0 atom stereocenters. The molecule has 5 heteroatoms. The van der Waals surface area contributed by atoms with Crippen LogP contribution in [0.5, 0.6) is 0 Å². The van der Waals surface area contributed by atoms with Crippen molar-refractivity contribution in [2.24, 2.45) is 0 Å². The standard InChI is InChI=1S/C16H21N3OS/c1-3-4-6-10-18-15(20)11-14-12(2)19-16(21-14)13-8-5-7-9-17-13/h5,7-9H,3-4,6,10-11H2,1-2H3,(H,18,20). The predicted octanol–water partition coefficient (Wildman–Crippen LogP) is 3.36. The van der Waals surface area contributed by atoms with E-state index in [0.717, 1.165) is 47.1 Å². The van der Waals surface area contributed by atoms with E-state index < -0.39 is 0 Å². The Morgan fingerprint density at radius 1 is 1.33 bits per heavy atom. The van der Waals surface area contributed by atoms with Gasteiger partial charge in [-0.05, 0) is 25.5 Å². The van der Waals surface area contributed by atoms with E-state index in [-0.39, 0.29) is 5.91 Å². The molecule has 21 heavy (non-hydrogen) atoms. The first-order valence-electron chi connectivity index (χ1n) is 7.35. The van der Waals surface area contributed by atoms with Crippen molar-refractivity contribution in [3.05, 3.63) is 35.0 Å². The fraction of sp³-hybridized carbons (Fsp3) is 0.438. The molecular formula is C16H21N3OS. The van der Waals surface area contributed by atoms with Gasteiger partial charge in [-0.1, -0.05) is 25.8 Å². The van der Waals surface area contributed by atoms with Gasteiger partial charge in [-0.3, -0.25) is 9.78 Å². The molecule has 2 rings (SSSR count). The number of aryl methyl sites for hydroxylation is 1. The van der Waals surface area contributed by atoms with Gasteiger partial charge in [0.25, 0.3) is 0 Å². The number of carbonyl (C=O) groups is 1. The van der Waals surface area contributed by atoms with Crippen molar-refractivity contribution in [2.75, 3.05) is 6.54 Å². The monoisotopic (exact) mass is 303 g/mol. The average molecular weight is 303 g/mol.